The number of ether oxygens (including phenoxy) is 2. The molecule has 2 fully saturated rings. The van der Waals surface area contributed by atoms with Gasteiger partial charge in [-0.15, -0.1) is 0 Å². The highest BCUT2D eigenvalue weighted by Crippen LogP contribution is 2.37. The van der Waals surface area contributed by atoms with E-state index in [1.807, 2.05) is 0 Å². The summed E-state index contributed by atoms with van der Waals surface area (Å²) in [7, 11) is 3.06. The smallest absolute Gasteiger partial charge is 0.248 e. The fraction of sp³-hybridized carbons (Fsp3) is 0.929. The van der Waals surface area contributed by atoms with Gasteiger partial charge in [-0.25, -0.2) is 8.78 Å². The van der Waals surface area contributed by atoms with Gasteiger partial charge in [0.15, 0.2) is 0 Å². The van der Waals surface area contributed by atoms with E-state index >= 15 is 0 Å². The van der Waals surface area contributed by atoms with Crippen molar-refractivity contribution in [2.75, 3.05) is 27.4 Å². The summed E-state index contributed by atoms with van der Waals surface area (Å²) in [5.74, 6) is -3.25. The number of carbonyl (C=O) groups excluding carboxylic acids is 1. The molecule has 0 unspecified atom stereocenters. The number of likely N-dealkylation sites (N-methyl/N-ethyl adjacent to an activating group) is 1. The minimum absolute atomic E-state index is 0.188. The third kappa shape index (κ3) is 3.70. The van der Waals surface area contributed by atoms with Crippen molar-refractivity contribution in [3.05, 3.63) is 0 Å². The first-order chi connectivity index (χ1) is 9.85. The number of carbonyl (C=O) groups is 1. The minimum Gasteiger partial charge on any atom is -0.388 e. The van der Waals surface area contributed by atoms with Gasteiger partial charge in [-0.05, 0) is 12.8 Å². The van der Waals surface area contributed by atoms with Gasteiger partial charge in [-0.1, -0.05) is 0 Å². The van der Waals surface area contributed by atoms with Crippen LogP contribution in [0.5, 0.6) is 0 Å². The predicted molar refractivity (Wildman–Crippen MR) is 71.1 cm³/mol. The number of amides is 1. The molecule has 0 radical (unpaired) electrons. The van der Waals surface area contributed by atoms with E-state index in [-0.39, 0.29) is 44.8 Å². The first-order valence-electron chi connectivity index (χ1n) is 7.29. The van der Waals surface area contributed by atoms with Crippen LogP contribution in [0.4, 0.5) is 8.78 Å². The van der Waals surface area contributed by atoms with Crippen LogP contribution in [0.2, 0.25) is 0 Å². The van der Waals surface area contributed by atoms with Gasteiger partial charge in [0.05, 0.1) is 19.3 Å². The molecule has 1 heterocycles. The standard InChI is InChI=1S/C14H23F2NO4/c1-17(10-7-21-8-11(20-2)12(10)18)13(19)9-3-5-14(15,16)6-4-9/h9-12,18H,3-8H2,1-2H3/t10-,11-,12+/m1/s1. The zero-order chi connectivity index (χ0) is 15.6. The summed E-state index contributed by atoms with van der Waals surface area (Å²) in [4.78, 5) is 13.9. The molecule has 122 valence electrons. The van der Waals surface area contributed by atoms with Gasteiger partial charge in [0, 0.05) is 32.9 Å². The molecule has 7 heteroatoms. The second kappa shape index (κ2) is 6.54. The Balaban J connectivity index is 1.96. The van der Waals surface area contributed by atoms with E-state index in [0.717, 1.165) is 0 Å². The van der Waals surface area contributed by atoms with E-state index in [4.69, 9.17) is 9.47 Å². The van der Waals surface area contributed by atoms with Crippen LogP contribution in [-0.2, 0) is 14.3 Å². The SMILES string of the molecule is CO[C@@H]1COC[C@@H](N(C)C(=O)C2CCC(F)(F)CC2)[C@@H]1O. The summed E-state index contributed by atoms with van der Waals surface area (Å²) in [6, 6.07) is -0.501. The van der Waals surface area contributed by atoms with E-state index in [2.05, 4.69) is 0 Å². The van der Waals surface area contributed by atoms with E-state index in [9.17, 15) is 18.7 Å². The maximum absolute atomic E-state index is 13.2. The lowest BCUT2D eigenvalue weighted by atomic mass is 9.85. The first kappa shape index (κ1) is 16.6. The number of halogens is 2. The van der Waals surface area contributed by atoms with E-state index < -0.39 is 30.1 Å². The molecule has 2 aliphatic rings. The average molecular weight is 307 g/mol. The van der Waals surface area contributed by atoms with Crippen LogP contribution in [0.1, 0.15) is 25.7 Å². The van der Waals surface area contributed by atoms with Crippen molar-refractivity contribution in [2.24, 2.45) is 5.92 Å². The van der Waals surface area contributed by atoms with Crippen LogP contribution in [0.25, 0.3) is 0 Å². The van der Waals surface area contributed by atoms with Crippen LogP contribution < -0.4 is 0 Å². The lowest BCUT2D eigenvalue weighted by molar-refractivity contribution is -0.163. The molecule has 21 heavy (non-hydrogen) atoms. The lowest BCUT2D eigenvalue weighted by Gasteiger charge is -2.40. The summed E-state index contributed by atoms with van der Waals surface area (Å²) >= 11 is 0. The third-order valence-electron chi connectivity index (χ3n) is 4.56. The molecule has 1 saturated heterocycles. The molecule has 1 amide bonds. The van der Waals surface area contributed by atoms with Crippen molar-refractivity contribution in [1.29, 1.82) is 0 Å². The Labute approximate surface area is 123 Å². The second-order valence-corrected chi connectivity index (χ2v) is 5.95. The molecule has 0 spiro atoms. The maximum atomic E-state index is 13.2. The molecule has 0 aromatic carbocycles. The Morgan fingerprint density at radius 1 is 1.33 bits per heavy atom. The number of nitrogens with zero attached hydrogens (tertiary/aromatic N) is 1. The molecular formula is C14H23F2NO4. The Hall–Kier alpha value is -0.790. The van der Waals surface area contributed by atoms with Gasteiger partial charge in [-0.3, -0.25) is 4.79 Å². The fourth-order valence-corrected chi connectivity index (χ4v) is 3.04. The molecule has 1 aliphatic carbocycles. The number of rotatable bonds is 3. The number of hydrogen-bond donors (Lipinski definition) is 1. The molecule has 5 nitrogen and oxygen atoms in total. The average Bonchev–Trinajstić information content (AvgIpc) is 2.46. The Morgan fingerprint density at radius 3 is 2.52 bits per heavy atom. The van der Waals surface area contributed by atoms with Gasteiger partial charge >= 0.3 is 0 Å². The second-order valence-electron chi connectivity index (χ2n) is 5.95. The van der Waals surface area contributed by atoms with Crippen LogP contribution >= 0.6 is 0 Å². The zero-order valence-corrected chi connectivity index (χ0v) is 12.4. The van der Waals surface area contributed by atoms with Crippen LogP contribution in [0, 0.1) is 5.92 Å². The van der Waals surface area contributed by atoms with Gasteiger partial charge in [0.25, 0.3) is 0 Å². The molecule has 0 aromatic heterocycles. The summed E-state index contributed by atoms with van der Waals surface area (Å²) < 4.78 is 36.8. The molecule has 3 atom stereocenters. The van der Waals surface area contributed by atoms with Crippen LogP contribution in [0.15, 0.2) is 0 Å². The zero-order valence-electron chi connectivity index (χ0n) is 12.4. The summed E-state index contributed by atoms with van der Waals surface area (Å²) in [6.07, 6.45) is -1.43. The molecule has 1 aliphatic heterocycles. The maximum Gasteiger partial charge on any atom is 0.248 e. The fourth-order valence-electron chi connectivity index (χ4n) is 3.04. The first-order valence-corrected chi connectivity index (χ1v) is 7.29. The predicted octanol–water partition coefficient (Wildman–Crippen LogP) is 1.04. The van der Waals surface area contributed by atoms with Crippen molar-refractivity contribution in [3.8, 4) is 0 Å². The van der Waals surface area contributed by atoms with Crippen LogP contribution in [0.3, 0.4) is 0 Å². The normalized spacial score (nSPS) is 33.7. The topological polar surface area (TPSA) is 59.0 Å². The van der Waals surface area contributed by atoms with Gasteiger partial charge in [-0.2, -0.15) is 0 Å². The summed E-state index contributed by atoms with van der Waals surface area (Å²) in [6.45, 7) is 0.512. The molecule has 2 rings (SSSR count). The summed E-state index contributed by atoms with van der Waals surface area (Å²) in [5, 5.41) is 10.2. The largest absolute Gasteiger partial charge is 0.388 e. The van der Waals surface area contributed by atoms with E-state index in [1.165, 1.54) is 12.0 Å². The quantitative estimate of drug-likeness (QED) is 0.846. The Kier molecular flexibility index (Phi) is 5.16. The highest BCUT2D eigenvalue weighted by Gasteiger charge is 2.42. The van der Waals surface area contributed by atoms with E-state index in [0.29, 0.717) is 0 Å². The number of hydrogen-bond acceptors (Lipinski definition) is 4. The minimum atomic E-state index is -2.65. The highest BCUT2D eigenvalue weighted by atomic mass is 19.3. The molecule has 1 saturated carbocycles. The van der Waals surface area contributed by atoms with Crippen molar-refractivity contribution in [2.45, 2.75) is 49.9 Å². The summed E-state index contributed by atoms with van der Waals surface area (Å²) in [5.41, 5.74) is 0. The van der Waals surface area contributed by atoms with Gasteiger partial charge < -0.3 is 19.5 Å². The third-order valence-corrected chi connectivity index (χ3v) is 4.56. The molecule has 0 aromatic rings. The van der Waals surface area contributed by atoms with E-state index in [1.54, 1.807) is 7.05 Å². The highest BCUT2D eigenvalue weighted by molar-refractivity contribution is 5.79. The van der Waals surface area contributed by atoms with Gasteiger partial charge in [0.2, 0.25) is 11.8 Å². The number of aliphatic hydroxyl groups excluding tert-OH is 1. The van der Waals surface area contributed by atoms with Gasteiger partial charge in [0.1, 0.15) is 12.2 Å². The van der Waals surface area contributed by atoms with Crippen molar-refractivity contribution < 1.29 is 28.2 Å². The molecule has 0 bridgehead atoms. The monoisotopic (exact) mass is 307 g/mol. The van der Waals surface area contributed by atoms with Crippen molar-refractivity contribution >= 4 is 5.91 Å². The molecular weight excluding hydrogens is 284 g/mol. The Morgan fingerprint density at radius 2 is 1.95 bits per heavy atom. The number of methoxy groups -OCH3 is 1. The number of aliphatic hydroxyl groups is 1. The lowest BCUT2D eigenvalue weighted by Crippen LogP contribution is -2.57. The van der Waals surface area contributed by atoms with Crippen molar-refractivity contribution in [1.82, 2.24) is 4.90 Å². The van der Waals surface area contributed by atoms with Crippen LogP contribution in [-0.4, -0.2) is 67.5 Å². The number of alkyl halides is 2. The van der Waals surface area contributed by atoms with Crippen molar-refractivity contribution in [3.63, 3.8) is 0 Å². The molecule has 1 N–H and O–H groups in total. The Bertz CT molecular complexity index is 370.